The normalized spacial score (nSPS) is 10.3. The SMILES string of the molecule is Cc1ccc(CCCO)c(N(C)C)c1. The van der Waals surface area contributed by atoms with Gasteiger partial charge in [0.25, 0.3) is 0 Å². The molecule has 1 rings (SSSR count). The third-order valence-electron chi connectivity index (χ3n) is 2.33. The average molecular weight is 193 g/mol. The highest BCUT2D eigenvalue weighted by molar-refractivity contribution is 5.54. The molecular formula is C12H19NO. The Hall–Kier alpha value is -1.02. The van der Waals surface area contributed by atoms with Crippen molar-refractivity contribution in [3.8, 4) is 0 Å². The molecule has 0 aliphatic heterocycles. The fourth-order valence-electron chi connectivity index (χ4n) is 1.57. The Morgan fingerprint density at radius 2 is 2.00 bits per heavy atom. The van der Waals surface area contributed by atoms with Crippen molar-refractivity contribution in [2.75, 3.05) is 25.6 Å². The molecule has 0 saturated carbocycles. The zero-order chi connectivity index (χ0) is 10.6. The Labute approximate surface area is 86.2 Å². The molecule has 14 heavy (non-hydrogen) atoms. The van der Waals surface area contributed by atoms with Crippen molar-refractivity contribution in [2.24, 2.45) is 0 Å². The maximum atomic E-state index is 8.80. The maximum absolute atomic E-state index is 8.80. The standard InChI is InChI=1S/C12H19NO/c1-10-6-7-11(5-4-8-14)12(9-10)13(2)3/h6-7,9,14H,4-5,8H2,1-3H3. The van der Waals surface area contributed by atoms with E-state index in [1.165, 1.54) is 16.8 Å². The van der Waals surface area contributed by atoms with Gasteiger partial charge in [-0.25, -0.2) is 0 Å². The van der Waals surface area contributed by atoms with E-state index in [0.717, 1.165) is 12.8 Å². The summed E-state index contributed by atoms with van der Waals surface area (Å²) in [6.45, 7) is 2.36. The molecule has 0 heterocycles. The van der Waals surface area contributed by atoms with Gasteiger partial charge < -0.3 is 10.0 Å². The van der Waals surface area contributed by atoms with Gasteiger partial charge in [-0.2, -0.15) is 0 Å². The number of aryl methyl sites for hydroxylation is 2. The van der Waals surface area contributed by atoms with Gasteiger partial charge in [-0.3, -0.25) is 0 Å². The Kier molecular flexibility index (Phi) is 3.96. The van der Waals surface area contributed by atoms with Crippen LogP contribution in [-0.2, 0) is 6.42 Å². The number of nitrogens with zero attached hydrogens (tertiary/aromatic N) is 1. The number of hydrogen-bond acceptors (Lipinski definition) is 2. The van der Waals surface area contributed by atoms with Crippen LogP contribution in [0.5, 0.6) is 0 Å². The molecule has 0 bridgehead atoms. The van der Waals surface area contributed by atoms with Crippen molar-refractivity contribution in [3.63, 3.8) is 0 Å². The Morgan fingerprint density at radius 1 is 1.29 bits per heavy atom. The van der Waals surface area contributed by atoms with Crippen molar-refractivity contribution >= 4 is 5.69 Å². The van der Waals surface area contributed by atoms with Crippen LogP contribution < -0.4 is 4.90 Å². The summed E-state index contributed by atoms with van der Waals surface area (Å²) in [4.78, 5) is 2.12. The molecule has 2 nitrogen and oxygen atoms in total. The predicted octanol–water partition coefficient (Wildman–Crippen LogP) is 1.99. The first kappa shape index (κ1) is 11.1. The molecule has 0 aromatic heterocycles. The second kappa shape index (κ2) is 5.01. The Bertz CT molecular complexity index is 294. The van der Waals surface area contributed by atoms with Gasteiger partial charge in [-0.1, -0.05) is 12.1 Å². The van der Waals surface area contributed by atoms with E-state index in [9.17, 15) is 0 Å². The highest BCUT2D eigenvalue weighted by Crippen LogP contribution is 2.21. The van der Waals surface area contributed by atoms with E-state index in [1.54, 1.807) is 0 Å². The topological polar surface area (TPSA) is 23.5 Å². The summed E-state index contributed by atoms with van der Waals surface area (Å²) in [5, 5.41) is 8.80. The van der Waals surface area contributed by atoms with Crippen LogP contribution in [0.2, 0.25) is 0 Å². The van der Waals surface area contributed by atoms with Crippen molar-refractivity contribution in [1.29, 1.82) is 0 Å². The first-order valence-electron chi connectivity index (χ1n) is 5.03. The third-order valence-corrected chi connectivity index (χ3v) is 2.33. The average Bonchev–Trinajstić information content (AvgIpc) is 2.15. The predicted molar refractivity (Wildman–Crippen MR) is 60.9 cm³/mol. The monoisotopic (exact) mass is 193 g/mol. The van der Waals surface area contributed by atoms with Crippen LogP contribution in [-0.4, -0.2) is 25.8 Å². The molecule has 1 aromatic rings. The minimum absolute atomic E-state index is 0.265. The van der Waals surface area contributed by atoms with Gasteiger partial charge in [0.1, 0.15) is 0 Å². The van der Waals surface area contributed by atoms with Crippen molar-refractivity contribution in [2.45, 2.75) is 19.8 Å². The molecule has 0 aliphatic rings. The summed E-state index contributed by atoms with van der Waals surface area (Å²) in [6, 6.07) is 6.47. The fraction of sp³-hybridized carbons (Fsp3) is 0.500. The van der Waals surface area contributed by atoms with Crippen molar-refractivity contribution in [3.05, 3.63) is 29.3 Å². The van der Waals surface area contributed by atoms with Gasteiger partial charge in [0.15, 0.2) is 0 Å². The Morgan fingerprint density at radius 3 is 2.57 bits per heavy atom. The van der Waals surface area contributed by atoms with E-state index in [4.69, 9.17) is 5.11 Å². The van der Waals surface area contributed by atoms with E-state index in [1.807, 2.05) is 0 Å². The second-order valence-electron chi connectivity index (χ2n) is 3.85. The van der Waals surface area contributed by atoms with E-state index >= 15 is 0 Å². The summed E-state index contributed by atoms with van der Waals surface area (Å²) in [7, 11) is 4.11. The number of aliphatic hydroxyl groups excluding tert-OH is 1. The molecular weight excluding hydrogens is 174 g/mol. The summed E-state index contributed by atoms with van der Waals surface area (Å²) < 4.78 is 0. The number of hydrogen-bond donors (Lipinski definition) is 1. The van der Waals surface area contributed by atoms with Gasteiger partial charge in [-0.15, -0.1) is 0 Å². The lowest BCUT2D eigenvalue weighted by atomic mass is 10.0. The molecule has 78 valence electrons. The number of rotatable bonds is 4. The number of aliphatic hydroxyl groups is 1. The van der Waals surface area contributed by atoms with Crippen LogP contribution in [0.4, 0.5) is 5.69 Å². The van der Waals surface area contributed by atoms with E-state index in [0.29, 0.717) is 0 Å². The lowest BCUT2D eigenvalue weighted by molar-refractivity contribution is 0.288. The van der Waals surface area contributed by atoms with Gasteiger partial charge in [-0.05, 0) is 37.0 Å². The number of benzene rings is 1. The second-order valence-corrected chi connectivity index (χ2v) is 3.85. The van der Waals surface area contributed by atoms with Crippen LogP contribution in [0.1, 0.15) is 17.5 Å². The van der Waals surface area contributed by atoms with E-state index < -0.39 is 0 Å². The van der Waals surface area contributed by atoms with Crippen LogP contribution in [0.3, 0.4) is 0 Å². The summed E-state index contributed by atoms with van der Waals surface area (Å²) in [5.41, 5.74) is 3.86. The first-order valence-corrected chi connectivity index (χ1v) is 5.03. The van der Waals surface area contributed by atoms with Crippen molar-refractivity contribution < 1.29 is 5.11 Å². The molecule has 2 heteroatoms. The van der Waals surface area contributed by atoms with Crippen LogP contribution in [0.15, 0.2) is 18.2 Å². The van der Waals surface area contributed by atoms with Gasteiger partial charge in [0.05, 0.1) is 0 Å². The van der Waals surface area contributed by atoms with Crippen LogP contribution in [0, 0.1) is 6.92 Å². The zero-order valence-electron chi connectivity index (χ0n) is 9.25. The fourth-order valence-corrected chi connectivity index (χ4v) is 1.57. The molecule has 0 spiro atoms. The van der Waals surface area contributed by atoms with Gasteiger partial charge in [0, 0.05) is 26.4 Å². The maximum Gasteiger partial charge on any atom is 0.0434 e. The minimum Gasteiger partial charge on any atom is -0.396 e. The molecule has 0 aliphatic carbocycles. The van der Waals surface area contributed by atoms with Gasteiger partial charge >= 0.3 is 0 Å². The van der Waals surface area contributed by atoms with E-state index in [2.05, 4.69) is 44.1 Å². The minimum atomic E-state index is 0.265. The highest BCUT2D eigenvalue weighted by Gasteiger charge is 2.03. The van der Waals surface area contributed by atoms with Gasteiger partial charge in [0.2, 0.25) is 0 Å². The molecule has 1 N–H and O–H groups in total. The van der Waals surface area contributed by atoms with Crippen LogP contribution in [0.25, 0.3) is 0 Å². The molecule has 0 amide bonds. The highest BCUT2D eigenvalue weighted by atomic mass is 16.2. The largest absolute Gasteiger partial charge is 0.396 e. The quantitative estimate of drug-likeness (QED) is 0.790. The lowest BCUT2D eigenvalue weighted by Gasteiger charge is -2.18. The molecule has 0 radical (unpaired) electrons. The molecule has 1 aromatic carbocycles. The molecule has 0 fully saturated rings. The molecule has 0 saturated heterocycles. The summed E-state index contributed by atoms with van der Waals surface area (Å²) in [6.07, 6.45) is 1.79. The van der Waals surface area contributed by atoms with Crippen molar-refractivity contribution in [1.82, 2.24) is 0 Å². The zero-order valence-corrected chi connectivity index (χ0v) is 9.25. The molecule has 0 atom stereocenters. The smallest absolute Gasteiger partial charge is 0.0434 e. The third kappa shape index (κ3) is 2.74. The first-order chi connectivity index (χ1) is 6.65. The van der Waals surface area contributed by atoms with Crippen LogP contribution >= 0.6 is 0 Å². The summed E-state index contributed by atoms with van der Waals surface area (Å²) in [5.74, 6) is 0. The Balaban J connectivity index is 2.90. The van der Waals surface area contributed by atoms with E-state index in [-0.39, 0.29) is 6.61 Å². The molecule has 0 unspecified atom stereocenters. The number of anilines is 1. The summed E-state index contributed by atoms with van der Waals surface area (Å²) >= 11 is 0. The lowest BCUT2D eigenvalue weighted by Crippen LogP contribution is -2.11.